The van der Waals surface area contributed by atoms with Crippen molar-refractivity contribution in [2.75, 3.05) is 37.7 Å². The average molecular weight is 443 g/mol. The van der Waals surface area contributed by atoms with Gasteiger partial charge in [0, 0.05) is 43.7 Å². The van der Waals surface area contributed by atoms with E-state index < -0.39 is 0 Å². The summed E-state index contributed by atoms with van der Waals surface area (Å²) < 4.78 is 11.4. The third kappa shape index (κ3) is 5.06. The number of likely N-dealkylation sites (tertiary alicyclic amines) is 1. The van der Waals surface area contributed by atoms with Crippen molar-refractivity contribution in [1.29, 1.82) is 0 Å². The Labute approximate surface area is 189 Å². The molecular weight excluding hydrogens is 408 g/mol. The highest BCUT2D eigenvalue weighted by Gasteiger charge is 2.29. The molecule has 2 saturated heterocycles. The minimum atomic E-state index is -0.155. The van der Waals surface area contributed by atoms with Crippen LogP contribution in [0, 0.1) is 6.92 Å². The first-order chi connectivity index (χ1) is 15.6. The van der Waals surface area contributed by atoms with Crippen molar-refractivity contribution in [1.82, 2.24) is 14.9 Å². The van der Waals surface area contributed by atoms with E-state index in [4.69, 9.17) is 9.15 Å². The van der Waals surface area contributed by atoms with Gasteiger partial charge in [0.15, 0.2) is 0 Å². The number of ether oxygens (including phenoxy) is 1. The number of aromatic nitrogens is 2. The normalized spacial score (nSPS) is 19.8. The topological polar surface area (TPSA) is 91.7 Å². The van der Waals surface area contributed by atoms with Gasteiger partial charge < -0.3 is 19.0 Å². The Balaban J connectivity index is 1.46. The standard InChI is InChI=1S/C24H34N4O4/c1-3-18-8-10-21(32-18)20-7-5-4-6-12-28(20)22(29)11-9-19-17(2)25-24(26-23(19)30)27-13-15-31-16-14-27/h8,10,20H,3-7,9,11-16H2,1-2H3,(H,25,26,30). The number of rotatable bonds is 6. The van der Waals surface area contributed by atoms with E-state index >= 15 is 0 Å². The van der Waals surface area contributed by atoms with Crippen LogP contribution in [0.2, 0.25) is 0 Å². The lowest BCUT2D eigenvalue weighted by molar-refractivity contribution is -0.134. The molecule has 2 fully saturated rings. The van der Waals surface area contributed by atoms with Crippen molar-refractivity contribution in [2.45, 2.75) is 64.8 Å². The summed E-state index contributed by atoms with van der Waals surface area (Å²) in [5, 5.41) is 0. The first-order valence-electron chi connectivity index (χ1n) is 11.9. The molecule has 2 aromatic heterocycles. The predicted molar refractivity (Wildman–Crippen MR) is 122 cm³/mol. The molecule has 4 heterocycles. The zero-order valence-corrected chi connectivity index (χ0v) is 19.2. The van der Waals surface area contributed by atoms with Crippen molar-refractivity contribution in [3.63, 3.8) is 0 Å². The average Bonchev–Trinajstić information content (AvgIpc) is 3.15. The minimum absolute atomic E-state index is 0.0218. The number of carbonyl (C=O) groups excluding carboxylic acids is 1. The molecule has 174 valence electrons. The number of nitrogens with zero attached hydrogens (tertiary/aromatic N) is 3. The van der Waals surface area contributed by atoms with E-state index in [0.717, 1.165) is 50.2 Å². The molecular formula is C24H34N4O4. The van der Waals surface area contributed by atoms with E-state index in [-0.39, 0.29) is 17.5 Å². The number of hydrogen-bond donors (Lipinski definition) is 1. The van der Waals surface area contributed by atoms with Gasteiger partial charge in [-0.1, -0.05) is 19.8 Å². The molecule has 4 rings (SSSR count). The summed E-state index contributed by atoms with van der Waals surface area (Å²) in [7, 11) is 0. The molecule has 1 N–H and O–H groups in total. The lowest BCUT2D eigenvalue weighted by Crippen LogP contribution is -2.39. The summed E-state index contributed by atoms with van der Waals surface area (Å²) in [4.78, 5) is 37.5. The number of hydrogen-bond acceptors (Lipinski definition) is 6. The molecule has 1 atom stereocenters. The Hall–Kier alpha value is -2.61. The van der Waals surface area contributed by atoms with Crippen LogP contribution in [0.1, 0.15) is 67.8 Å². The lowest BCUT2D eigenvalue weighted by Gasteiger charge is -2.29. The van der Waals surface area contributed by atoms with Crippen LogP contribution in [0.15, 0.2) is 21.3 Å². The molecule has 0 aromatic carbocycles. The Kier molecular flexibility index (Phi) is 7.29. The van der Waals surface area contributed by atoms with E-state index in [9.17, 15) is 9.59 Å². The zero-order chi connectivity index (χ0) is 22.5. The van der Waals surface area contributed by atoms with E-state index in [1.54, 1.807) is 0 Å². The fraction of sp³-hybridized carbons (Fsp3) is 0.625. The van der Waals surface area contributed by atoms with Crippen molar-refractivity contribution < 1.29 is 13.9 Å². The summed E-state index contributed by atoms with van der Waals surface area (Å²) >= 11 is 0. The van der Waals surface area contributed by atoms with E-state index in [0.29, 0.717) is 56.4 Å². The molecule has 1 unspecified atom stereocenters. The molecule has 2 aliphatic rings. The number of morpholine rings is 1. The third-order valence-corrected chi connectivity index (χ3v) is 6.54. The van der Waals surface area contributed by atoms with E-state index in [1.807, 2.05) is 28.9 Å². The fourth-order valence-corrected chi connectivity index (χ4v) is 4.66. The second-order valence-electron chi connectivity index (χ2n) is 8.66. The van der Waals surface area contributed by atoms with E-state index in [1.165, 1.54) is 0 Å². The summed E-state index contributed by atoms with van der Waals surface area (Å²) in [5.41, 5.74) is 1.12. The first kappa shape index (κ1) is 22.6. The summed E-state index contributed by atoms with van der Waals surface area (Å²) in [6.07, 6.45) is 5.64. The number of furan rings is 1. The van der Waals surface area contributed by atoms with Gasteiger partial charge >= 0.3 is 0 Å². The van der Waals surface area contributed by atoms with Crippen molar-refractivity contribution in [3.8, 4) is 0 Å². The van der Waals surface area contributed by atoms with Crippen LogP contribution in [0.5, 0.6) is 0 Å². The molecule has 0 aliphatic carbocycles. The van der Waals surface area contributed by atoms with Crippen LogP contribution >= 0.6 is 0 Å². The molecule has 2 aliphatic heterocycles. The summed E-state index contributed by atoms with van der Waals surface area (Å²) in [6, 6.07) is 4.00. The van der Waals surface area contributed by atoms with Gasteiger partial charge in [0.2, 0.25) is 11.9 Å². The Bertz CT molecular complexity index is 977. The monoisotopic (exact) mass is 442 g/mol. The van der Waals surface area contributed by atoms with Crippen LogP contribution < -0.4 is 10.5 Å². The number of nitrogens with one attached hydrogen (secondary N) is 1. The van der Waals surface area contributed by atoms with Crippen molar-refractivity contribution in [3.05, 3.63) is 45.3 Å². The second-order valence-corrected chi connectivity index (χ2v) is 8.66. The Morgan fingerprint density at radius 3 is 2.72 bits per heavy atom. The number of aryl methyl sites for hydroxylation is 2. The van der Waals surface area contributed by atoms with Gasteiger partial charge in [0.25, 0.3) is 5.56 Å². The van der Waals surface area contributed by atoms with Crippen LogP contribution in [-0.2, 0) is 22.4 Å². The van der Waals surface area contributed by atoms with Crippen molar-refractivity contribution in [2.24, 2.45) is 0 Å². The van der Waals surface area contributed by atoms with Crippen LogP contribution in [0.4, 0.5) is 5.95 Å². The van der Waals surface area contributed by atoms with Gasteiger partial charge in [0.1, 0.15) is 11.5 Å². The zero-order valence-electron chi connectivity index (χ0n) is 19.2. The van der Waals surface area contributed by atoms with Gasteiger partial charge in [-0.15, -0.1) is 0 Å². The Morgan fingerprint density at radius 1 is 1.19 bits per heavy atom. The van der Waals surface area contributed by atoms with Gasteiger partial charge in [-0.05, 0) is 38.3 Å². The summed E-state index contributed by atoms with van der Waals surface area (Å²) in [5.74, 6) is 2.48. The van der Waals surface area contributed by atoms with E-state index in [2.05, 4.69) is 16.9 Å². The molecule has 1 amide bonds. The maximum atomic E-state index is 13.3. The number of aromatic amines is 1. The largest absolute Gasteiger partial charge is 0.464 e. The highest BCUT2D eigenvalue weighted by Crippen LogP contribution is 2.32. The smallest absolute Gasteiger partial charge is 0.255 e. The molecule has 0 saturated carbocycles. The molecule has 0 spiro atoms. The minimum Gasteiger partial charge on any atom is -0.464 e. The van der Waals surface area contributed by atoms with Crippen LogP contribution in [0.25, 0.3) is 0 Å². The fourth-order valence-electron chi connectivity index (χ4n) is 4.66. The predicted octanol–water partition coefficient (Wildman–Crippen LogP) is 3.15. The maximum Gasteiger partial charge on any atom is 0.255 e. The number of amides is 1. The highest BCUT2D eigenvalue weighted by atomic mass is 16.5. The SMILES string of the molecule is CCc1ccc(C2CCCCCN2C(=O)CCc2c(C)nc(N3CCOCC3)[nH]c2=O)o1. The third-order valence-electron chi connectivity index (χ3n) is 6.54. The molecule has 32 heavy (non-hydrogen) atoms. The maximum absolute atomic E-state index is 13.3. The molecule has 0 radical (unpaired) electrons. The van der Waals surface area contributed by atoms with Gasteiger partial charge in [-0.2, -0.15) is 0 Å². The molecule has 2 aromatic rings. The second kappa shape index (κ2) is 10.3. The number of anilines is 1. The summed E-state index contributed by atoms with van der Waals surface area (Å²) in [6.45, 7) is 7.33. The van der Waals surface area contributed by atoms with Gasteiger partial charge in [0.05, 0.1) is 19.3 Å². The molecule has 0 bridgehead atoms. The first-order valence-corrected chi connectivity index (χ1v) is 11.9. The quantitative estimate of drug-likeness (QED) is 0.739. The number of carbonyl (C=O) groups is 1. The van der Waals surface area contributed by atoms with Crippen molar-refractivity contribution >= 4 is 11.9 Å². The lowest BCUT2D eigenvalue weighted by atomic mass is 10.1. The van der Waals surface area contributed by atoms with Gasteiger partial charge in [-0.25, -0.2) is 4.98 Å². The molecule has 8 nitrogen and oxygen atoms in total. The van der Waals surface area contributed by atoms with Crippen LogP contribution in [-0.4, -0.2) is 53.6 Å². The van der Waals surface area contributed by atoms with Gasteiger partial charge in [-0.3, -0.25) is 14.6 Å². The number of H-pyrrole nitrogens is 1. The Morgan fingerprint density at radius 2 is 2.00 bits per heavy atom. The van der Waals surface area contributed by atoms with Crippen LogP contribution in [0.3, 0.4) is 0 Å². The highest BCUT2D eigenvalue weighted by molar-refractivity contribution is 5.77. The molecule has 8 heteroatoms.